The Morgan fingerprint density at radius 1 is 0.844 bits per heavy atom. The molecule has 188 valence electrons. The van der Waals surface area contributed by atoms with E-state index >= 15 is 0 Å². The van der Waals surface area contributed by atoms with Crippen LogP contribution in [0.5, 0.6) is 0 Å². The summed E-state index contributed by atoms with van der Waals surface area (Å²) in [5, 5.41) is 5.32. The second-order valence-corrected chi connectivity index (χ2v) is 16.0. The van der Waals surface area contributed by atoms with Crippen LogP contribution in [0.15, 0.2) is 0 Å². The number of hydrogen-bond acceptors (Lipinski definition) is 6. The number of amides is 2. The molecule has 2 atom stereocenters. The third kappa shape index (κ3) is 8.73. The van der Waals surface area contributed by atoms with Gasteiger partial charge in [-0.3, -0.25) is 4.79 Å². The van der Waals surface area contributed by atoms with Gasteiger partial charge in [-0.25, -0.2) is 9.59 Å². The van der Waals surface area contributed by atoms with Crippen molar-refractivity contribution in [2.75, 3.05) is 13.7 Å². The zero-order valence-corrected chi connectivity index (χ0v) is 23.1. The Morgan fingerprint density at radius 3 is 1.66 bits per heavy atom. The largest absolute Gasteiger partial charge is 0.467 e. The molecule has 9 heteroatoms. The lowest BCUT2D eigenvalue weighted by atomic mass is 10.0. The normalized spacial score (nSPS) is 14.5. The van der Waals surface area contributed by atoms with Crippen molar-refractivity contribution < 1.29 is 28.3 Å². The van der Waals surface area contributed by atoms with E-state index in [1.54, 1.807) is 34.6 Å². The highest BCUT2D eigenvalue weighted by Crippen LogP contribution is 2.42. The molecule has 0 aliphatic carbocycles. The van der Waals surface area contributed by atoms with Crippen LogP contribution in [0, 0.1) is 5.92 Å². The number of methoxy groups -OCH3 is 1. The van der Waals surface area contributed by atoms with Gasteiger partial charge >= 0.3 is 12.1 Å². The molecule has 0 unspecified atom stereocenters. The first-order valence-electron chi connectivity index (χ1n) is 11.5. The molecular weight excluding hydrogens is 428 g/mol. The molecule has 2 amide bonds. The van der Waals surface area contributed by atoms with Crippen LogP contribution in [-0.4, -0.2) is 57.7 Å². The molecule has 0 saturated heterocycles. The number of esters is 1. The van der Waals surface area contributed by atoms with Gasteiger partial charge in [-0.2, -0.15) is 0 Å². The van der Waals surface area contributed by atoms with E-state index in [4.69, 9.17) is 13.9 Å². The minimum Gasteiger partial charge on any atom is -0.467 e. The first-order valence-corrected chi connectivity index (χ1v) is 13.6. The SMILES string of the molecule is COC(=O)[C@H](CO[Si](C(C)C)(C(C)C)C(C)C)NC(=O)[C@@H](NC(=O)OC(C)(C)C)C(C)C. The van der Waals surface area contributed by atoms with Crippen LogP contribution in [0.3, 0.4) is 0 Å². The summed E-state index contributed by atoms with van der Waals surface area (Å²) in [6, 6.07) is -1.85. The molecule has 2 N–H and O–H groups in total. The highest BCUT2D eigenvalue weighted by Gasteiger charge is 2.46. The van der Waals surface area contributed by atoms with Crippen LogP contribution >= 0.6 is 0 Å². The summed E-state index contributed by atoms with van der Waals surface area (Å²) >= 11 is 0. The molecule has 0 fully saturated rings. The van der Waals surface area contributed by atoms with Crippen molar-refractivity contribution in [3.63, 3.8) is 0 Å². The van der Waals surface area contributed by atoms with Crippen molar-refractivity contribution in [3.8, 4) is 0 Å². The van der Waals surface area contributed by atoms with Gasteiger partial charge in [0.15, 0.2) is 8.32 Å². The molecule has 0 bridgehead atoms. The van der Waals surface area contributed by atoms with Crippen molar-refractivity contribution >= 4 is 26.3 Å². The predicted octanol–water partition coefficient (Wildman–Crippen LogP) is 4.39. The van der Waals surface area contributed by atoms with Gasteiger partial charge in [-0.15, -0.1) is 0 Å². The molecule has 0 aromatic heterocycles. The van der Waals surface area contributed by atoms with E-state index in [-0.39, 0.29) is 12.5 Å². The van der Waals surface area contributed by atoms with Gasteiger partial charge in [0.25, 0.3) is 0 Å². The molecule has 0 aliphatic heterocycles. The summed E-state index contributed by atoms with van der Waals surface area (Å²) < 4.78 is 16.7. The molecular formula is C23H46N2O6Si. The Kier molecular flexibility index (Phi) is 11.9. The van der Waals surface area contributed by atoms with Crippen molar-refractivity contribution in [1.29, 1.82) is 0 Å². The summed E-state index contributed by atoms with van der Waals surface area (Å²) in [5.41, 5.74) is 0.291. The molecule has 8 nitrogen and oxygen atoms in total. The number of nitrogens with one attached hydrogen (secondary N) is 2. The van der Waals surface area contributed by atoms with Gasteiger partial charge in [0, 0.05) is 0 Å². The lowest BCUT2D eigenvalue weighted by Gasteiger charge is -2.42. The van der Waals surface area contributed by atoms with Crippen LogP contribution in [0.2, 0.25) is 16.6 Å². The highest BCUT2D eigenvalue weighted by atomic mass is 28.4. The summed E-state index contributed by atoms with van der Waals surface area (Å²) in [7, 11) is -0.975. The van der Waals surface area contributed by atoms with Gasteiger partial charge < -0.3 is 24.5 Å². The fourth-order valence-corrected chi connectivity index (χ4v) is 9.72. The fraction of sp³-hybridized carbons (Fsp3) is 0.870. The Morgan fingerprint density at radius 2 is 1.31 bits per heavy atom. The maximum atomic E-state index is 13.0. The molecule has 0 heterocycles. The number of carbonyl (C=O) groups excluding carboxylic acids is 3. The first kappa shape index (κ1) is 30.4. The van der Waals surface area contributed by atoms with Gasteiger partial charge in [-0.05, 0) is 43.3 Å². The van der Waals surface area contributed by atoms with Crippen LogP contribution in [0.25, 0.3) is 0 Å². The quantitative estimate of drug-likeness (QED) is 0.340. The molecule has 32 heavy (non-hydrogen) atoms. The highest BCUT2D eigenvalue weighted by molar-refractivity contribution is 6.77. The van der Waals surface area contributed by atoms with Crippen molar-refractivity contribution in [2.24, 2.45) is 5.92 Å². The van der Waals surface area contributed by atoms with E-state index in [9.17, 15) is 14.4 Å². The minimum atomic E-state index is -2.25. The Hall–Kier alpha value is -1.61. The monoisotopic (exact) mass is 474 g/mol. The summed E-state index contributed by atoms with van der Waals surface area (Å²) in [4.78, 5) is 37.7. The maximum absolute atomic E-state index is 13.0. The Balaban J connectivity index is 5.58. The van der Waals surface area contributed by atoms with Crippen molar-refractivity contribution in [2.45, 2.75) is 110 Å². The molecule has 0 spiro atoms. The fourth-order valence-electron chi connectivity index (χ4n) is 4.27. The van der Waals surface area contributed by atoms with Crippen LogP contribution in [-0.2, 0) is 23.5 Å². The van der Waals surface area contributed by atoms with Crippen molar-refractivity contribution in [1.82, 2.24) is 10.6 Å². The Bertz CT molecular complexity index is 607. The van der Waals surface area contributed by atoms with Crippen LogP contribution in [0.4, 0.5) is 4.79 Å². The molecule has 0 aliphatic rings. The van der Waals surface area contributed by atoms with Gasteiger partial charge in [0.2, 0.25) is 5.91 Å². The van der Waals surface area contributed by atoms with E-state index in [0.29, 0.717) is 16.6 Å². The maximum Gasteiger partial charge on any atom is 0.408 e. The standard InChI is InChI=1S/C23H46N2O6Si/c1-14(2)19(25-22(28)31-23(9,10)11)20(26)24-18(21(27)29-12)13-30-32(15(3)4,16(5)6)17(7)8/h14-19H,13H2,1-12H3,(H,24,26)(H,25,28)/t18-,19-/m0/s1. The third-order valence-electron chi connectivity index (χ3n) is 5.63. The molecule has 0 radical (unpaired) electrons. The predicted molar refractivity (Wildman–Crippen MR) is 129 cm³/mol. The van der Waals surface area contributed by atoms with E-state index in [1.807, 2.05) is 0 Å². The second kappa shape index (κ2) is 12.6. The lowest BCUT2D eigenvalue weighted by Crippen LogP contribution is -2.57. The van der Waals surface area contributed by atoms with E-state index in [1.165, 1.54) is 7.11 Å². The molecule has 0 rings (SSSR count). The summed E-state index contributed by atoms with van der Waals surface area (Å²) in [6.07, 6.45) is -0.692. The van der Waals surface area contributed by atoms with E-state index in [2.05, 4.69) is 52.2 Å². The third-order valence-corrected chi connectivity index (χ3v) is 11.7. The number of carbonyl (C=O) groups is 3. The van der Waals surface area contributed by atoms with E-state index < -0.39 is 44.0 Å². The van der Waals surface area contributed by atoms with Gasteiger partial charge in [0.1, 0.15) is 17.7 Å². The molecule has 0 aromatic carbocycles. The zero-order chi connectivity index (χ0) is 25.4. The summed E-state index contributed by atoms with van der Waals surface area (Å²) in [5.74, 6) is -1.30. The second-order valence-electron chi connectivity index (χ2n) is 10.6. The average Bonchev–Trinajstić information content (AvgIpc) is 2.62. The zero-order valence-electron chi connectivity index (χ0n) is 22.1. The average molecular weight is 475 g/mol. The van der Waals surface area contributed by atoms with Crippen LogP contribution in [0.1, 0.15) is 76.2 Å². The van der Waals surface area contributed by atoms with Gasteiger partial charge in [-0.1, -0.05) is 55.4 Å². The molecule has 0 aromatic rings. The number of alkyl carbamates (subject to hydrolysis) is 1. The first-order chi connectivity index (χ1) is 14.5. The van der Waals surface area contributed by atoms with Crippen LogP contribution < -0.4 is 10.6 Å². The Labute approximate surface area is 195 Å². The van der Waals surface area contributed by atoms with E-state index in [0.717, 1.165) is 0 Å². The number of hydrogen-bond donors (Lipinski definition) is 2. The van der Waals surface area contributed by atoms with Crippen molar-refractivity contribution in [3.05, 3.63) is 0 Å². The lowest BCUT2D eigenvalue weighted by molar-refractivity contribution is -0.146. The van der Waals surface area contributed by atoms with Gasteiger partial charge in [0.05, 0.1) is 13.7 Å². The minimum absolute atomic E-state index is 0.0242. The smallest absolute Gasteiger partial charge is 0.408 e. The number of ether oxygens (including phenoxy) is 2. The summed E-state index contributed by atoms with van der Waals surface area (Å²) in [6.45, 7) is 21.8. The molecule has 0 saturated carbocycles. The number of rotatable bonds is 11. The topological polar surface area (TPSA) is 103 Å².